The maximum absolute atomic E-state index is 12.1. The quantitative estimate of drug-likeness (QED) is 0.842. The second kappa shape index (κ2) is 5.27. The van der Waals surface area contributed by atoms with Crippen molar-refractivity contribution in [3.63, 3.8) is 0 Å². The topological polar surface area (TPSA) is 53.4 Å². The predicted octanol–water partition coefficient (Wildman–Crippen LogP) is 1.45. The number of aliphatic hydroxyl groups excluding tert-OH is 1. The van der Waals surface area contributed by atoms with Gasteiger partial charge in [-0.1, -0.05) is 13.0 Å². The van der Waals surface area contributed by atoms with E-state index >= 15 is 0 Å². The van der Waals surface area contributed by atoms with Crippen LogP contribution >= 0.6 is 0 Å². The number of hydrogen-bond donors (Lipinski definition) is 1. The summed E-state index contributed by atoms with van der Waals surface area (Å²) in [5.74, 6) is 0.574. The first-order valence-corrected chi connectivity index (χ1v) is 6.05. The third-order valence-corrected chi connectivity index (χ3v) is 3.17. The zero-order valence-electron chi connectivity index (χ0n) is 10.1. The maximum atomic E-state index is 12.1. The molecule has 1 atom stereocenters. The van der Waals surface area contributed by atoms with Gasteiger partial charge in [0.15, 0.2) is 0 Å². The molecule has 1 amide bonds. The SMILES string of the molecule is CC1CCCN(C(=O)c2ccc(CO)cn2)C1. The zero-order valence-corrected chi connectivity index (χ0v) is 10.1. The van der Waals surface area contributed by atoms with Gasteiger partial charge in [0.1, 0.15) is 5.69 Å². The fraction of sp³-hybridized carbons (Fsp3) is 0.538. The summed E-state index contributed by atoms with van der Waals surface area (Å²) < 4.78 is 0. The van der Waals surface area contributed by atoms with Crippen LogP contribution in [0.4, 0.5) is 0 Å². The highest BCUT2D eigenvalue weighted by Gasteiger charge is 2.22. The van der Waals surface area contributed by atoms with E-state index < -0.39 is 0 Å². The Morgan fingerprint density at radius 3 is 3.00 bits per heavy atom. The smallest absolute Gasteiger partial charge is 0.272 e. The van der Waals surface area contributed by atoms with E-state index in [1.807, 2.05) is 4.90 Å². The molecule has 1 aliphatic rings. The van der Waals surface area contributed by atoms with Crippen molar-refractivity contribution >= 4 is 5.91 Å². The number of amides is 1. The number of rotatable bonds is 2. The molecule has 92 valence electrons. The minimum absolute atomic E-state index is 0.000963. The third-order valence-electron chi connectivity index (χ3n) is 3.17. The molecule has 2 rings (SSSR count). The molecule has 0 radical (unpaired) electrons. The molecule has 0 spiro atoms. The van der Waals surface area contributed by atoms with Crippen LogP contribution in [-0.2, 0) is 6.61 Å². The van der Waals surface area contributed by atoms with E-state index in [-0.39, 0.29) is 12.5 Å². The van der Waals surface area contributed by atoms with Crippen molar-refractivity contribution in [3.8, 4) is 0 Å². The fourth-order valence-electron chi connectivity index (χ4n) is 2.18. The van der Waals surface area contributed by atoms with Crippen molar-refractivity contribution in [2.24, 2.45) is 5.92 Å². The number of hydrogen-bond acceptors (Lipinski definition) is 3. The van der Waals surface area contributed by atoms with Crippen molar-refractivity contribution in [2.45, 2.75) is 26.4 Å². The Hall–Kier alpha value is -1.42. The average Bonchev–Trinajstić information content (AvgIpc) is 2.38. The van der Waals surface area contributed by atoms with Gasteiger partial charge in [-0.3, -0.25) is 9.78 Å². The molecule has 17 heavy (non-hydrogen) atoms. The van der Waals surface area contributed by atoms with Gasteiger partial charge in [-0.05, 0) is 30.4 Å². The fourth-order valence-corrected chi connectivity index (χ4v) is 2.18. The van der Waals surface area contributed by atoms with E-state index in [1.165, 1.54) is 6.42 Å². The standard InChI is InChI=1S/C13H18N2O2/c1-10-3-2-6-15(8-10)13(17)12-5-4-11(9-16)7-14-12/h4-5,7,10,16H,2-3,6,8-9H2,1H3. The van der Waals surface area contributed by atoms with Gasteiger partial charge in [0.25, 0.3) is 5.91 Å². The molecule has 1 N–H and O–H groups in total. The number of pyridine rings is 1. The molecule has 0 saturated carbocycles. The molecule has 1 aromatic heterocycles. The molecule has 4 nitrogen and oxygen atoms in total. The number of piperidine rings is 1. The Balaban J connectivity index is 2.07. The van der Waals surface area contributed by atoms with E-state index in [9.17, 15) is 4.79 Å². The maximum Gasteiger partial charge on any atom is 0.272 e. The predicted molar refractivity (Wildman–Crippen MR) is 64.5 cm³/mol. The first-order chi connectivity index (χ1) is 8.20. The van der Waals surface area contributed by atoms with Crippen LogP contribution in [0, 0.1) is 5.92 Å². The highest BCUT2D eigenvalue weighted by molar-refractivity contribution is 5.92. The van der Waals surface area contributed by atoms with Gasteiger partial charge in [-0.25, -0.2) is 0 Å². The van der Waals surface area contributed by atoms with Crippen molar-refractivity contribution in [1.29, 1.82) is 0 Å². The van der Waals surface area contributed by atoms with Crippen LogP contribution in [0.25, 0.3) is 0 Å². The van der Waals surface area contributed by atoms with Gasteiger partial charge < -0.3 is 10.0 Å². The van der Waals surface area contributed by atoms with E-state index in [0.717, 1.165) is 25.1 Å². The third kappa shape index (κ3) is 2.82. The molecule has 1 fully saturated rings. The summed E-state index contributed by atoms with van der Waals surface area (Å²) in [5.41, 5.74) is 1.20. The van der Waals surface area contributed by atoms with Gasteiger partial charge in [-0.15, -0.1) is 0 Å². The molecule has 1 unspecified atom stereocenters. The normalized spacial score (nSPS) is 20.4. The van der Waals surface area contributed by atoms with Crippen molar-refractivity contribution in [2.75, 3.05) is 13.1 Å². The first kappa shape index (κ1) is 12.0. The highest BCUT2D eigenvalue weighted by Crippen LogP contribution is 2.17. The summed E-state index contributed by atoms with van der Waals surface area (Å²) >= 11 is 0. The minimum Gasteiger partial charge on any atom is -0.392 e. The van der Waals surface area contributed by atoms with Crippen molar-refractivity contribution < 1.29 is 9.90 Å². The van der Waals surface area contributed by atoms with E-state index in [1.54, 1.807) is 18.3 Å². The lowest BCUT2D eigenvalue weighted by Gasteiger charge is -2.30. The van der Waals surface area contributed by atoms with Gasteiger partial charge in [0, 0.05) is 19.3 Å². The Labute approximate surface area is 101 Å². The summed E-state index contributed by atoms with van der Waals surface area (Å²) in [5, 5.41) is 8.92. The van der Waals surface area contributed by atoms with Crippen LogP contribution in [-0.4, -0.2) is 34.0 Å². The Morgan fingerprint density at radius 2 is 2.41 bits per heavy atom. The Morgan fingerprint density at radius 1 is 1.59 bits per heavy atom. The van der Waals surface area contributed by atoms with Gasteiger partial charge in [0.2, 0.25) is 0 Å². The summed E-state index contributed by atoms with van der Waals surface area (Å²) in [7, 11) is 0. The summed E-state index contributed by atoms with van der Waals surface area (Å²) in [6.45, 7) is 3.78. The largest absolute Gasteiger partial charge is 0.392 e. The molecular weight excluding hydrogens is 216 g/mol. The molecule has 4 heteroatoms. The number of nitrogens with zero attached hydrogens (tertiary/aromatic N) is 2. The lowest BCUT2D eigenvalue weighted by atomic mass is 10.00. The monoisotopic (exact) mass is 234 g/mol. The number of aliphatic hydroxyl groups is 1. The number of likely N-dealkylation sites (tertiary alicyclic amines) is 1. The molecule has 1 saturated heterocycles. The van der Waals surface area contributed by atoms with Crippen LogP contribution in [0.2, 0.25) is 0 Å². The van der Waals surface area contributed by atoms with Crippen molar-refractivity contribution in [3.05, 3.63) is 29.6 Å². The van der Waals surface area contributed by atoms with Crippen LogP contribution in [0.3, 0.4) is 0 Å². The first-order valence-electron chi connectivity index (χ1n) is 6.05. The number of carbonyl (C=O) groups excluding carboxylic acids is 1. The molecule has 1 aliphatic heterocycles. The zero-order chi connectivity index (χ0) is 12.3. The summed E-state index contributed by atoms with van der Waals surface area (Å²) in [4.78, 5) is 18.1. The van der Waals surface area contributed by atoms with Gasteiger partial charge in [-0.2, -0.15) is 0 Å². The van der Waals surface area contributed by atoms with Crippen LogP contribution < -0.4 is 0 Å². The van der Waals surface area contributed by atoms with Gasteiger partial charge in [0.05, 0.1) is 6.61 Å². The number of aromatic nitrogens is 1. The molecule has 0 bridgehead atoms. The average molecular weight is 234 g/mol. The van der Waals surface area contributed by atoms with Crippen LogP contribution in [0.15, 0.2) is 18.3 Å². The van der Waals surface area contributed by atoms with E-state index in [0.29, 0.717) is 11.6 Å². The minimum atomic E-state index is -0.0395. The number of carbonyl (C=O) groups is 1. The van der Waals surface area contributed by atoms with E-state index in [4.69, 9.17) is 5.11 Å². The molecular formula is C13H18N2O2. The summed E-state index contributed by atoms with van der Waals surface area (Å²) in [6, 6.07) is 3.43. The van der Waals surface area contributed by atoms with Crippen molar-refractivity contribution in [1.82, 2.24) is 9.88 Å². The molecule has 0 aliphatic carbocycles. The van der Waals surface area contributed by atoms with Crippen LogP contribution in [0.5, 0.6) is 0 Å². The second-order valence-corrected chi connectivity index (χ2v) is 4.71. The second-order valence-electron chi connectivity index (χ2n) is 4.71. The highest BCUT2D eigenvalue weighted by atomic mass is 16.3. The Bertz CT molecular complexity index is 389. The molecule has 2 heterocycles. The van der Waals surface area contributed by atoms with Gasteiger partial charge >= 0.3 is 0 Å². The lowest BCUT2D eigenvalue weighted by molar-refractivity contribution is 0.0677. The Kier molecular flexibility index (Phi) is 3.74. The summed E-state index contributed by atoms with van der Waals surface area (Å²) in [6.07, 6.45) is 3.82. The molecule has 0 aromatic carbocycles. The van der Waals surface area contributed by atoms with E-state index in [2.05, 4.69) is 11.9 Å². The molecule has 1 aromatic rings. The van der Waals surface area contributed by atoms with Crippen LogP contribution in [0.1, 0.15) is 35.8 Å². The lowest BCUT2D eigenvalue weighted by Crippen LogP contribution is -2.39.